The lowest BCUT2D eigenvalue weighted by Gasteiger charge is -2.31. The minimum atomic E-state index is -2.89. The second kappa shape index (κ2) is 9.12. The van der Waals surface area contributed by atoms with Gasteiger partial charge in [0.15, 0.2) is 0 Å². The minimum absolute atomic E-state index is 0.0229. The Bertz CT molecular complexity index is 1070. The van der Waals surface area contributed by atoms with Crippen LogP contribution < -0.4 is 10.1 Å². The van der Waals surface area contributed by atoms with Crippen molar-refractivity contribution < 1.29 is 23.1 Å². The number of amides is 2. The zero-order chi connectivity index (χ0) is 21.8. The number of piperidine rings is 1. The first-order valence-electron chi connectivity index (χ1n) is 10.1. The molecule has 0 spiro atoms. The number of carbonyl (C=O) groups excluding carboxylic acids is 2. The van der Waals surface area contributed by atoms with Gasteiger partial charge >= 0.3 is 6.61 Å². The van der Waals surface area contributed by atoms with Crippen molar-refractivity contribution in [2.75, 3.05) is 18.4 Å². The van der Waals surface area contributed by atoms with Gasteiger partial charge in [-0.15, -0.1) is 0 Å². The first kappa shape index (κ1) is 20.8. The van der Waals surface area contributed by atoms with Crippen LogP contribution in [0, 0.1) is 5.92 Å². The lowest BCUT2D eigenvalue weighted by atomic mass is 9.94. The molecule has 0 bridgehead atoms. The molecule has 0 radical (unpaired) electrons. The maximum atomic E-state index is 13.0. The van der Waals surface area contributed by atoms with Crippen LogP contribution >= 0.6 is 0 Å². The summed E-state index contributed by atoms with van der Waals surface area (Å²) in [5, 5.41) is 4.75. The lowest BCUT2D eigenvalue weighted by Crippen LogP contribution is -2.41. The molecule has 160 valence electrons. The van der Waals surface area contributed by atoms with Crippen molar-refractivity contribution in [3.8, 4) is 5.75 Å². The molecule has 3 aromatic rings. The predicted octanol–water partition coefficient (Wildman–Crippen LogP) is 4.93. The molecule has 3 aromatic carbocycles. The second-order valence-corrected chi connectivity index (χ2v) is 7.49. The van der Waals surface area contributed by atoms with Crippen molar-refractivity contribution in [2.24, 2.45) is 5.92 Å². The number of nitrogens with zero attached hydrogens (tertiary/aromatic N) is 1. The zero-order valence-corrected chi connectivity index (χ0v) is 16.8. The molecule has 1 N–H and O–H groups in total. The molecule has 1 aliphatic heterocycles. The molecule has 0 aliphatic carbocycles. The summed E-state index contributed by atoms with van der Waals surface area (Å²) in [4.78, 5) is 27.4. The number of likely N-dealkylation sites (tertiary alicyclic amines) is 1. The van der Waals surface area contributed by atoms with Crippen LogP contribution in [0.2, 0.25) is 0 Å². The Labute approximate surface area is 178 Å². The molecule has 1 heterocycles. The smallest absolute Gasteiger partial charge is 0.387 e. The summed E-state index contributed by atoms with van der Waals surface area (Å²) in [6.45, 7) is -1.88. The van der Waals surface area contributed by atoms with Crippen LogP contribution in [0.4, 0.5) is 14.5 Å². The summed E-state index contributed by atoms with van der Waals surface area (Å²) in [5.41, 5.74) is 1.19. The minimum Gasteiger partial charge on any atom is -0.435 e. The number of ether oxygens (including phenoxy) is 1. The molecule has 0 aromatic heterocycles. The molecule has 0 atom stereocenters. The number of hydrogen-bond acceptors (Lipinski definition) is 3. The molecule has 0 saturated carbocycles. The van der Waals surface area contributed by atoms with Crippen LogP contribution in [0.1, 0.15) is 23.2 Å². The Balaban J connectivity index is 1.35. The topological polar surface area (TPSA) is 58.6 Å². The highest BCUT2D eigenvalue weighted by molar-refractivity contribution is 6.07. The summed E-state index contributed by atoms with van der Waals surface area (Å²) < 4.78 is 28.8. The van der Waals surface area contributed by atoms with Crippen LogP contribution in [0.5, 0.6) is 5.75 Å². The van der Waals surface area contributed by atoms with E-state index in [9.17, 15) is 18.4 Å². The predicted molar refractivity (Wildman–Crippen MR) is 114 cm³/mol. The van der Waals surface area contributed by atoms with Gasteiger partial charge in [0.1, 0.15) is 5.75 Å². The van der Waals surface area contributed by atoms with Gasteiger partial charge in [-0.2, -0.15) is 8.78 Å². The number of hydrogen-bond donors (Lipinski definition) is 1. The monoisotopic (exact) mass is 424 g/mol. The fraction of sp³-hybridized carbons (Fsp3) is 0.250. The molecule has 1 fully saturated rings. The number of alkyl halides is 2. The van der Waals surface area contributed by atoms with Gasteiger partial charge in [-0.1, -0.05) is 36.4 Å². The van der Waals surface area contributed by atoms with Gasteiger partial charge in [0, 0.05) is 30.3 Å². The van der Waals surface area contributed by atoms with E-state index in [4.69, 9.17) is 0 Å². The fourth-order valence-corrected chi connectivity index (χ4v) is 3.89. The molecule has 1 aliphatic rings. The van der Waals surface area contributed by atoms with Crippen molar-refractivity contribution in [1.29, 1.82) is 0 Å². The Morgan fingerprint density at radius 2 is 1.61 bits per heavy atom. The van der Waals surface area contributed by atoms with Gasteiger partial charge in [0.25, 0.3) is 5.91 Å². The molecule has 1 saturated heterocycles. The van der Waals surface area contributed by atoms with Crippen LogP contribution in [0.15, 0.2) is 66.7 Å². The molecule has 4 rings (SSSR count). The fourth-order valence-electron chi connectivity index (χ4n) is 3.89. The van der Waals surface area contributed by atoms with E-state index >= 15 is 0 Å². The number of rotatable bonds is 5. The number of anilines is 1. The molecule has 31 heavy (non-hydrogen) atoms. The summed E-state index contributed by atoms with van der Waals surface area (Å²) >= 11 is 0. The zero-order valence-electron chi connectivity index (χ0n) is 16.8. The number of nitrogens with one attached hydrogen (secondary N) is 1. The van der Waals surface area contributed by atoms with E-state index in [0.29, 0.717) is 37.2 Å². The standard InChI is InChI=1S/C24H22F2N2O3/c25-24(26)31-19-10-8-18(9-11-19)27-22(29)17-12-14-28(15-13-17)23(30)21-7-3-5-16-4-1-2-6-20(16)21/h1-11,17,24H,12-15H2,(H,27,29). The number of fused-ring (bicyclic) bond motifs is 1. The van der Waals surface area contributed by atoms with Gasteiger partial charge in [0.2, 0.25) is 5.91 Å². The molecular weight excluding hydrogens is 402 g/mol. The van der Waals surface area contributed by atoms with Gasteiger partial charge in [-0.25, -0.2) is 0 Å². The van der Waals surface area contributed by atoms with E-state index in [1.807, 2.05) is 42.5 Å². The quantitative estimate of drug-likeness (QED) is 0.632. The molecule has 2 amide bonds. The van der Waals surface area contributed by atoms with Crippen LogP contribution in [0.25, 0.3) is 10.8 Å². The highest BCUT2D eigenvalue weighted by atomic mass is 19.3. The third-order valence-electron chi connectivity index (χ3n) is 5.52. The number of halogens is 2. The highest BCUT2D eigenvalue weighted by Crippen LogP contribution is 2.25. The number of benzene rings is 3. The molecule has 0 unspecified atom stereocenters. The third kappa shape index (κ3) is 4.82. The van der Waals surface area contributed by atoms with Crippen molar-refractivity contribution in [1.82, 2.24) is 4.90 Å². The van der Waals surface area contributed by atoms with E-state index < -0.39 is 6.61 Å². The molecule has 5 nitrogen and oxygen atoms in total. The SMILES string of the molecule is O=C(Nc1ccc(OC(F)F)cc1)C1CCN(C(=O)c2cccc3ccccc23)CC1. The molecular formula is C24H22F2N2O3. The Kier molecular flexibility index (Phi) is 6.11. The van der Waals surface area contributed by atoms with Crippen molar-refractivity contribution in [3.63, 3.8) is 0 Å². The van der Waals surface area contributed by atoms with E-state index in [2.05, 4.69) is 10.1 Å². The first-order valence-corrected chi connectivity index (χ1v) is 10.1. The number of carbonyl (C=O) groups is 2. The Morgan fingerprint density at radius 3 is 2.32 bits per heavy atom. The van der Waals surface area contributed by atoms with Gasteiger partial charge < -0.3 is 15.0 Å². The van der Waals surface area contributed by atoms with Crippen LogP contribution in [0.3, 0.4) is 0 Å². The first-order chi connectivity index (χ1) is 15.0. The Morgan fingerprint density at radius 1 is 0.935 bits per heavy atom. The summed E-state index contributed by atoms with van der Waals surface area (Å²) in [6, 6.07) is 19.3. The normalized spacial score (nSPS) is 14.6. The van der Waals surface area contributed by atoms with Gasteiger partial charge in [-0.05, 0) is 53.9 Å². The maximum absolute atomic E-state index is 13.0. The lowest BCUT2D eigenvalue weighted by molar-refractivity contribution is -0.121. The van der Waals surface area contributed by atoms with Crippen molar-refractivity contribution in [3.05, 3.63) is 72.3 Å². The third-order valence-corrected chi connectivity index (χ3v) is 5.52. The van der Waals surface area contributed by atoms with E-state index in [1.165, 1.54) is 24.3 Å². The summed E-state index contributed by atoms with van der Waals surface area (Å²) in [7, 11) is 0. The van der Waals surface area contributed by atoms with Crippen molar-refractivity contribution >= 4 is 28.3 Å². The van der Waals surface area contributed by atoms with Crippen LogP contribution in [-0.2, 0) is 4.79 Å². The summed E-state index contributed by atoms with van der Waals surface area (Å²) in [5.74, 6) is -0.341. The van der Waals surface area contributed by atoms with E-state index in [0.717, 1.165) is 10.8 Å². The largest absolute Gasteiger partial charge is 0.435 e. The Hall–Kier alpha value is -3.48. The second-order valence-electron chi connectivity index (χ2n) is 7.49. The maximum Gasteiger partial charge on any atom is 0.387 e. The van der Waals surface area contributed by atoms with Crippen molar-refractivity contribution in [2.45, 2.75) is 19.5 Å². The average Bonchev–Trinajstić information content (AvgIpc) is 2.79. The molecule has 7 heteroatoms. The summed E-state index contributed by atoms with van der Waals surface area (Å²) in [6.07, 6.45) is 1.13. The van der Waals surface area contributed by atoms with Crippen LogP contribution in [-0.4, -0.2) is 36.4 Å². The highest BCUT2D eigenvalue weighted by Gasteiger charge is 2.28. The van der Waals surface area contributed by atoms with Gasteiger partial charge in [0.05, 0.1) is 0 Å². The van der Waals surface area contributed by atoms with E-state index in [-0.39, 0.29) is 23.5 Å². The van der Waals surface area contributed by atoms with Gasteiger partial charge in [-0.3, -0.25) is 9.59 Å². The van der Waals surface area contributed by atoms with E-state index in [1.54, 1.807) is 4.90 Å². The average molecular weight is 424 g/mol.